The van der Waals surface area contributed by atoms with Crippen LogP contribution in [0.15, 0.2) is 72.8 Å². The van der Waals surface area contributed by atoms with Gasteiger partial charge < -0.3 is 14.8 Å². The molecule has 2 N–H and O–H groups in total. The molecule has 6 nitrogen and oxygen atoms in total. The monoisotopic (exact) mass is 455 g/mol. The van der Waals surface area contributed by atoms with Crippen molar-refractivity contribution in [3.8, 4) is 11.5 Å². The number of benzene rings is 3. The molecule has 0 bridgehead atoms. The van der Waals surface area contributed by atoms with Gasteiger partial charge in [0.15, 0.2) is 11.5 Å². The molecule has 174 valence electrons. The summed E-state index contributed by atoms with van der Waals surface area (Å²) in [5.41, 5.74) is 9.10. The van der Waals surface area contributed by atoms with Crippen molar-refractivity contribution in [2.24, 2.45) is 0 Å². The summed E-state index contributed by atoms with van der Waals surface area (Å²) >= 11 is 0. The van der Waals surface area contributed by atoms with E-state index >= 15 is 0 Å². The predicted octanol–water partition coefficient (Wildman–Crippen LogP) is 6.24. The van der Waals surface area contributed by atoms with Crippen molar-refractivity contribution in [3.05, 3.63) is 89.5 Å². The number of amides is 2. The zero-order chi connectivity index (χ0) is 23.9. The maximum Gasteiger partial charge on any atom is 0.340 e. The van der Waals surface area contributed by atoms with Gasteiger partial charge in [-0.1, -0.05) is 74.5 Å². The Balaban J connectivity index is 1.41. The van der Waals surface area contributed by atoms with Gasteiger partial charge in [0, 0.05) is 36.7 Å². The molecule has 0 aromatic heterocycles. The van der Waals surface area contributed by atoms with Crippen LogP contribution in [0.25, 0.3) is 11.3 Å². The number of carbonyl (C=O) groups excluding carboxylic acids is 1. The minimum absolute atomic E-state index is 0.212. The number of hydrogen-bond donors (Lipinski definition) is 2. The van der Waals surface area contributed by atoms with Crippen LogP contribution in [0.4, 0.5) is 10.5 Å². The third kappa shape index (κ3) is 4.19. The molecular weight excluding hydrogens is 426 g/mol. The minimum Gasteiger partial charge on any atom is -0.449 e. The molecule has 0 atom stereocenters. The van der Waals surface area contributed by atoms with E-state index in [4.69, 9.17) is 9.47 Å². The average Bonchev–Trinajstić information content (AvgIpc) is 3.40. The summed E-state index contributed by atoms with van der Waals surface area (Å²) in [6, 6.07) is 23.8. The van der Waals surface area contributed by atoms with E-state index in [0.717, 1.165) is 33.7 Å². The number of nitrogens with zero attached hydrogens (tertiary/aromatic N) is 1. The van der Waals surface area contributed by atoms with Crippen molar-refractivity contribution in [2.45, 2.75) is 39.4 Å². The van der Waals surface area contributed by atoms with Crippen LogP contribution >= 0.6 is 0 Å². The van der Waals surface area contributed by atoms with Gasteiger partial charge in [-0.3, -0.25) is 5.43 Å². The Morgan fingerprint density at radius 1 is 0.971 bits per heavy atom. The smallest absolute Gasteiger partial charge is 0.340 e. The Morgan fingerprint density at radius 3 is 2.26 bits per heavy atom. The lowest BCUT2D eigenvalue weighted by atomic mass is 10.0. The lowest BCUT2D eigenvalue weighted by Crippen LogP contribution is -2.40. The van der Waals surface area contributed by atoms with Crippen LogP contribution in [0.3, 0.4) is 0 Å². The second-order valence-electron chi connectivity index (χ2n) is 9.37. The second kappa shape index (κ2) is 8.45. The molecule has 2 heterocycles. The van der Waals surface area contributed by atoms with Crippen molar-refractivity contribution in [3.63, 3.8) is 0 Å². The van der Waals surface area contributed by atoms with Crippen LogP contribution in [-0.2, 0) is 0 Å². The SMILES string of the molecule is CC(C)c1cc(NC(=O)N2CC(c3ccccc3)=C(c3ccccc3)N2)cc2c1OC(C)(C)O2. The number of urea groups is 1. The van der Waals surface area contributed by atoms with E-state index in [1.807, 2.05) is 74.5 Å². The Labute approximate surface area is 200 Å². The highest BCUT2D eigenvalue weighted by molar-refractivity contribution is 5.98. The number of anilines is 1. The van der Waals surface area contributed by atoms with Crippen LogP contribution in [0.5, 0.6) is 11.5 Å². The third-order valence-corrected chi connectivity index (χ3v) is 5.96. The van der Waals surface area contributed by atoms with Gasteiger partial charge in [-0.15, -0.1) is 0 Å². The van der Waals surface area contributed by atoms with Crippen LogP contribution in [0, 0.1) is 0 Å². The number of hydrogen-bond acceptors (Lipinski definition) is 4. The van der Waals surface area contributed by atoms with Gasteiger partial charge in [-0.25, -0.2) is 9.80 Å². The van der Waals surface area contributed by atoms with E-state index in [9.17, 15) is 4.79 Å². The van der Waals surface area contributed by atoms with Gasteiger partial charge in [0.1, 0.15) is 0 Å². The number of nitrogens with one attached hydrogen (secondary N) is 2. The van der Waals surface area contributed by atoms with Crippen molar-refractivity contribution >= 4 is 23.0 Å². The zero-order valence-electron chi connectivity index (χ0n) is 19.9. The number of carbonyl (C=O) groups is 1. The predicted molar refractivity (Wildman–Crippen MR) is 134 cm³/mol. The van der Waals surface area contributed by atoms with E-state index in [1.165, 1.54) is 0 Å². The molecule has 6 heteroatoms. The molecule has 2 aliphatic rings. The fourth-order valence-corrected chi connectivity index (χ4v) is 4.35. The molecule has 0 unspecified atom stereocenters. The van der Waals surface area contributed by atoms with E-state index < -0.39 is 5.79 Å². The summed E-state index contributed by atoms with van der Waals surface area (Å²) in [6.07, 6.45) is 0. The molecule has 0 fully saturated rings. The zero-order valence-corrected chi connectivity index (χ0v) is 19.9. The molecule has 2 aliphatic heterocycles. The minimum atomic E-state index is -0.732. The summed E-state index contributed by atoms with van der Waals surface area (Å²) < 4.78 is 12.0. The molecule has 0 saturated heterocycles. The van der Waals surface area contributed by atoms with Gasteiger partial charge in [-0.2, -0.15) is 0 Å². The topological polar surface area (TPSA) is 62.8 Å². The summed E-state index contributed by atoms with van der Waals surface area (Å²) in [5.74, 6) is 0.874. The van der Waals surface area contributed by atoms with Crippen LogP contribution < -0.4 is 20.2 Å². The van der Waals surface area contributed by atoms with Gasteiger partial charge in [0.2, 0.25) is 5.79 Å². The summed E-state index contributed by atoms with van der Waals surface area (Å²) in [7, 11) is 0. The lowest BCUT2D eigenvalue weighted by molar-refractivity contribution is -0.0435. The number of ether oxygens (including phenoxy) is 2. The van der Waals surface area contributed by atoms with Gasteiger partial charge in [-0.05, 0) is 23.1 Å². The first kappa shape index (κ1) is 21.9. The standard InChI is InChI=1S/C28H29N3O3/c1-18(2)22-15-21(16-24-26(22)34-28(3,4)33-24)29-27(32)31-17-23(19-11-7-5-8-12-19)25(30-31)20-13-9-6-10-14-20/h5-16,18,30H,17H2,1-4H3,(H,29,32). The number of fused-ring (bicyclic) bond motifs is 1. The first-order valence-corrected chi connectivity index (χ1v) is 11.6. The normalized spacial score (nSPS) is 16.1. The van der Waals surface area contributed by atoms with Crippen LogP contribution in [0.1, 0.15) is 50.3 Å². The summed E-state index contributed by atoms with van der Waals surface area (Å²) in [6.45, 7) is 8.39. The van der Waals surface area contributed by atoms with Crippen molar-refractivity contribution in [1.29, 1.82) is 0 Å². The number of hydrazine groups is 1. The van der Waals surface area contributed by atoms with Gasteiger partial charge in [0.25, 0.3) is 0 Å². The first-order chi connectivity index (χ1) is 16.3. The molecule has 3 aromatic carbocycles. The largest absolute Gasteiger partial charge is 0.449 e. The van der Waals surface area contributed by atoms with E-state index in [-0.39, 0.29) is 11.9 Å². The second-order valence-corrected chi connectivity index (χ2v) is 9.37. The summed E-state index contributed by atoms with van der Waals surface area (Å²) in [5, 5.41) is 4.65. The van der Waals surface area contributed by atoms with Crippen molar-refractivity contribution < 1.29 is 14.3 Å². The highest BCUT2D eigenvalue weighted by Gasteiger charge is 2.35. The maximum absolute atomic E-state index is 13.3. The van der Waals surface area contributed by atoms with Crippen LogP contribution in [-0.4, -0.2) is 23.4 Å². The molecule has 34 heavy (non-hydrogen) atoms. The first-order valence-electron chi connectivity index (χ1n) is 11.6. The Bertz CT molecular complexity index is 1200. The third-order valence-electron chi connectivity index (χ3n) is 5.96. The maximum atomic E-state index is 13.3. The molecule has 0 saturated carbocycles. The molecular formula is C28H29N3O3. The van der Waals surface area contributed by atoms with E-state index in [0.29, 0.717) is 18.0 Å². The average molecular weight is 456 g/mol. The molecule has 3 aromatic rings. The Kier molecular flexibility index (Phi) is 5.44. The molecule has 2 amide bonds. The Hall–Kier alpha value is -3.93. The quantitative estimate of drug-likeness (QED) is 0.489. The molecule has 0 radical (unpaired) electrons. The Morgan fingerprint density at radius 2 is 1.62 bits per heavy atom. The van der Waals surface area contributed by atoms with Crippen molar-refractivity contribution in [1.82, 2.24) is 10.4 Å². The van der Waals surface area contributed by atoms with Gasteiger partial charge in [0.05, 0.1) is 12.2 Å². The van der Waals surface area contributed by atoms with E-state index in [2.05, 4.69) is 36.7 Å². The molecule has 5 rings (SSSR count). The van der Waals surface area contributed by atoms with E-state index in [1.54, 1.807) is 5.01 Å². The molecule has 0 aliphatic carbocycles. The molecule has 0 spiro atoms. The highest BCUT2D eigenvalue weighted by atomic mass is 16.7. The van der Waals surface area contributed by atoms with Crippen molar-refractivity contribution in [2.75, 3.05) is 11.9 Å². The van der Waals surface area contributed by atoms with Gasteiger partial charge >= 0.3 is 6.03 Å². The van der Waals surface area contributed by atoms with Crippen LogP contribution in [0.2, 0.25) is 0 Å². The highest BCUT2D eigenvalue weighted by Crippen LogP contribution is 2.46. The lowest BCUT2D eigenvalue weighted by Gasteiger charge is -2.20. The fourth-order valence-electron chi connectivity index (χ4n) is 4.35. The fraction of sp³-hybridized carbons (Fsp3) is 0.250. The summed E-state index contributed by atoms with van der Waals surface area (Å²) in [4.78, 5) is 13.3. The number of rotatable bonds is 4.